The minimum Gasteiger partial charge on any atom is -0.455 e. The molecule has 3 heterocycles. The van der Waals surface area contributed by atoms with Crippen LogP contribution in [-0.4, -0.2) is 75.2 Å². The molecule has 8 nitrogen and oxygen atoms in total. The predicted molar refractivity (Wildman–Crippen MR) is 91.7 cm³/mol. The molecule has 1 amide bonds. The van der Waals surface area contributed by atoms with Crippen LogP contribution in [0.5, 0.6) is 0 Å². The first-order valence-corrected chi connectivity index (χ1v) is 10.4. The van der Waals surface area contributed by atoms with Crippen LogP contribution < -0.4 is 5.32 Å². The third kappa shape index (κ3) is 5.04. The van der Waals surface area contributed by atoms with Gasteiger partial charge in [-0.05, 0) is 38.1 Å². The second-order valence-corrected chi connectivity index (χ2v) is 8.56. The normalized spacial score (nSPS) is 23.0. The van der Waals surface area contributed by atoms with Crippen LogP contribution in [0, 0.1) is 0 Å². The number of morpholine rings is 1. The van der Waals surface area contributed by atoms with Gasteiger partial charge >= 0.3 is 0 Å². The lowest BCUT2D eigenvalue weighted by Crippen LogP contribution is -2.49. The van der Waals surface area contributed by atoms with E-state index in [0.29, 0.717) is 13.2 Å². The zero-order valence-corrected chi connectivity index (χ0v) is 15.3. The predicted octanol–water partition coefficient (Wildman–Crippen LogP) is 0.266. The number of sulfonamides is 1. The highest BCUT2D eigenvalue weighted by atomic mass is 32.2. The monoisotopic (exact) mass is 371 g/mol. The molecule has 0 spiro atoms. The fourth-order valence-corrected chi connectivity index (χ4v) is 4.00. The third-order valence-corrected chi connectivity index (χ3v) is 5.79. The molecule has 0 saturated carbocycles. The number of amides is 1. The fraction of sp³-hybridized carbons (Fsp3) is 0.688. The molecule has 1 aromatic rings. The van der Waals surface area contributed by atoms with Crippen LogP contribution >= 0.6 is 0 Å². The Hall–Kier alpha value is -1.42. The number of nitrogens with one attached hydrogen (secondary N) is 1. The van der Waals surface area contributed by atoms with Crippen molar-refractivity contribution >= 4 is 15.9 Å². The van der Waals surface area contributed by atoms with E-state index in [1.807, 2.05) is 6.07 Å². The summed E-state index contributed by atoms with van der Waals surface area (Å²) in [6, 6.07) is 3.50. The second kappa shape index (κ2) is 7.86. The minimum atomic E-state index is -3.24. The highest BCUT2D eigenvalue weighted by Crippen LogP contribution is 2.15. The summed E-state index contributed by atoms with van der Waals surface area (Å²) >= 11 is 0. The highest BCUT2D eigenvalue weighted by Gasteiger charge is 2.27. The van der Waals surface area contributed by atoms with Gasteiger partial charge < -0.3 is 14.5 Å². The molecule has 0 aromatic carbocycles. The number of ether oxygens (including phenoxy) is 1. The van der Waals surface area contributed by atoms with Crippen LogP contribution in [0.3, 0.4) is 0 Å². The molecule has 2 fully saturated rings. The number of carbonyl (C=O) groups is 1. The molecule has 0 radical (unpaired) electrons. The first-order chi connectivity index (χ1) is 11.9. The molecule has 9 heteroatoms. The number of nitrogens with zero attached hydrogens (tertiary/aromatic N) is 2. The first-order valence-electron chi connectivity index (χ1n) is 8.58. The van der Waals surface area contributed by atoms with Crippen LogP contribution in [0.1, 0.15) is 29.2 Å². The third-order valence-electron chi connectivity index (χ3n) is 4.52. The van der Waals surface area contributed by atoms with E-state index < -0.39 is 10.0 Å². The van der Waals surface area contributed by atoms with E-state index in [1.165, 1.54) is 23.4 Å². The summed E-state index contributed by atoms with van der Waals surface area (Å²) < 4.78 is 35.7. The van der Waals surface area contributed by atoms with Gasteiger partial charge in [-0.25, -0.2) is 8.42 Å². The SMILES string of the molecule is CS(=O)(=O)N1CCOC(CNC(=O)c2ccc(CN3CCCC3)o2)C1. The Morgan fingerprint density at radius 1 is 1.28 bits per heavy atom. The van der Waals surface area contributed by atoms with Crippen LogP contribution in [0.15, 0.2) is 16.5 Å². The van der Waals surface area contributed by atoms with E-state index in [9.17, 15) is 13.2 Å². The van der Waals surface area contributed by atoms with Crippen LogP contribution in [0.25, 0.3) is 0 Å². The van der Waals surface area contributed by atoms with Gasteiger partial charge in [0.25, 0.3) is 5.91 Å². The number of hydrogen-bond acceptors (Lipinski definition) is 6. The van der Waals surface area contributed by atoms with Gasteiger partial charge in [0.1, 0.15) is 5.76 Å². The standard InChI is InChI=1S/C16H25N3O5S/c1-25(21,22)19-8-9-23-14(12-19)10-17-16(20)15-5-4-13(24-15)11-18-6-2-3-7-18/h4-5,14H,2-3,6-12H2,1H3,(H,17,20). The molecule has 2 saturated heterocycles. The fourth-order valence-electron chi connectivity index (χ4n) is 3.16. The molecular formula is C16H25N3O5S. The smallest absolute Gasteiger partial charge is 0.287 e. The van der Waals surface area contributed by atoms with Crippen molar-refractivity contribution in [1.82, 2.24) is 14.5 Å². The Morgan fingerprint density at radius 2 is 2.04 bits per heavy atom. The van der Waals surface area contributed by atoms with Crippen LogP contribution in [0.2, 0.25) is 0 Å². The van der Waals surface area contributed by atoms with Crippen molar-refractivity contribution in [1.29, 1.82) is 0 Å². The van der Waals surface area contributed by atoms with Gasteiger partial charge in [-0.15, -0.1) is 0 Å². The van der Waals surface area contributed by atoms with Crippen molar-refractivity contribution in [3.63, 3.8) is 0 Å². The van der Waals surface area contributed by atoms with E-state index in [4.69, 9.17) is 9.15 Å². The van der Waals surface area contributed by atoms with E-state index in [2.05, 4.69) is 10.2 Å². The summed E-state index contributed by atoms with van der Waals surface area (Å²) in [5.41, 5.74) is 0. The van der Waals surface area contributed by atoms with E-state index in [0.717, 1.165) is 25.4 Å². The maximum absolute atomic E-state index is 12.2. The topological polar surface area (TPSA) is 92.1 Å². The molecule has 1 atom stereocenters. The first kappa shape index (κ1) is 18.4. The zero-order valence-electron chi connectivity index (χ0n) is 14.4. The quantitative estimate of drug-likeness (QED) is 0.772. The number of carbonyl (C=O) groups excluding carboxylic acids is 1. The summed E-state index contributed by atoms with van der Waals surface area (Å²) in [4.78, 5) is 14.5. The molecule has 25 heavy (non-hydrogen) atoms. The Kier molecular flexibility index (Phi) is 5.78. The van der Waals surface area contributed by atoms with Gasteiger partial charge in [0.2, 0.25) is 10.0 Å². The van der Waals surface area contributed by atoms with Crippen LogP contribution in [0.4, 0.5) is 0 Å². The van der Waals surface area contributed by atoms with Gasteiger partial charge in [-0.3, -0.25) is 9.69 Å². The van der Waals surface area contributed by atoms with Crippen molar-refractivity contribution in [2.24, 2.45) is 0 Å². The summed E-state index contributed by atoms with van der Waals surface area (Å²) in [6.45, 7) is 4.03. The number of likely N-dealkylation sites (tertiary alicyclic amines) is 1. The molecule has 0 bridgehead atoms. The lowest BCUT2D eigenvalue weighted by Gasteiger charge is -2.31. The molecule has 2 aliphatic rings. The van der Waals surface area contributed by atoms with E-state index >= 15 is 0 Å². The molecule has 1 aromatic heterocycles. The molecule has 2 aliphatic heterocycles. The Bertz CT molecular complexity index is 696. The minimum absolute atomic E-state index is 0.243. The molecule has 3 rings (SSSR count). The van der Waals surface area contributed by atoms with Gasteiger partial charge in [-0.1, -0.05) is 0 Å². The molecular weight excluding hydrogens is 346 g/mol. The summed E-state index contributed by atoms with van der Waals surface area (Å²) in [7, 11) is -3.24. The zero-order chi connectivity index (χ0) is 17.9. The van der Waals surface area contributed by atoms with Crippen molar-refractivity contribution in [3.8, 4) is 0 Å². The van der Waals surface area contributed by atoms with Crippen molar-refractivity contribution in [3.05, 3.63) is 23.7 Å². The van der Waals surface area contributed by atoms with E-state index in [-0.39, 0.29) is 30.9 Å². The lowest BCUT2D eigenvalue weighted by molar-refractivity contribution is 0.000295. The average Bonchev–Trinajstić information content (AvgIpc) is 3.24. The van der Waals surface area contributed by atoms with Crippen molar-refractivity contribution < 1.29 is 22.4 Å². The largest absolute Gasteiger partial charge is 0.455 e. The maximum Gasteiger partial charge on any atom is 0.287 e. The lowest BCUT2D eigenvalue weighted by atomic mass is 10.3. The highest BCUT2D eigenvalue weighted by molar-refractivity contribution is 7.88. The van der Waals surface area contributed by atoms with E-state index in [1.54, 1.807) is 6.07 Å². The summed E-state index contributed by atoms with van der Waals surface area (Å²) in [5, 5.41) is 2.75. The van der Waals surface area contributed by atoms with Gasteiger partial charge in [-0.2, -0.15) is 4.31 Å². The van der Waals surface area contributed by atoms with Crippen molar-refractivity contribution in [2.45, 2.75) is 25.5 Å². The van der Waals surface area contributed by atoms with Gasteiger partial charge in [0.05, 0.1) is 25.5 Å². The molecule has 0 aliphatic carbocycles. The molecule has 1 unspecified atom stereocenters. The van der Waals surface area contributed by atoms with Gasteiger partial charge in [0.15, 0.2) is 5.76 Å². The second-order valence-electron chi connectivity index (χ2n) is 6.57. The van der Waals surface area contributed by atoms with Crippen molar-refractivity contribution in [2.75, 3.05) is 45.6 Å². The Labute approximate surface area is 148 Å². The molecule has 1 N–H and O–H groups in total. The number of rotatable bonds is 6. The van der Waals surface area contributed by atoms with Gasteiger partial charge in [0, 0.05) is 19.6 Å². The number of furan rings is 1. The average molecular weight is 371 g/mol. The Morgan fingerprint density at radius 3 is 2.76 bits per heavy atom. The molecule has 140 valence electrons. The summed E-state index contributed by atoms with van der Waals surface area (Å²) in [6.07, 6.45) is 3.24. The Balaban J connectivity index is 1.48. The summed E-state index contributed by atoms with van der Waals surface area (Å²) in [5.74, 6) is 0.738. The van der Waals surface area contributed by atoms with Crippen LogP contribution in [-0.2, 0) is 21.3 Å². The number of hydrogen-bond donors (Lipinski definition) is 1. The maximum atomic E-state index is 12.2.